The molecule has 0 saturated heterocycles. The first-order valence-electron chi connectivity index (χ1n) is 5.41. The number of hydrogen-bond donors (Lipinski definition) is 2. The van der Waals surface area contributed by atoms with E-state index in [0.717, 1.165) is 0 Å². The van der Waals surface area contributed by atoms with Crippen molar-refractivity contribution in [1.29, 1.82) is 0 Å². The molecule has 0 saturated carbocycles. The van der Waals surface area contributed by atoms with Crippen molar-refractivity contribution in [2.24, 2.45) is 0 Å². The van der Waals surface area contributed by atoms with Gasteiger partial charge in [-0.1, -0.05) is 0 Å². The van der Waals surface area contributed by atoms with Crippen LogP contribution < -0.4 is 11.1 Å². The number of amides is 1. The Balaban J connectivity index is 0.00000324. The van der Waals surface area contributed by atoms with Gasteiger partial charge in [-0.2, -0.15) is 0 Å². The third-order valence-corrected chi connectivity index (χ3v) is 2.52. The third-order valence-electron chi connectivity index (χ3n) is 2.52. The molecule has 0 unspecified atom stereocenters. The smallest absolute Gasteiger partial charge is 0.292 e. The summed E-state index contributed by atoms with van der Waals surface area (Å²) in [5.41, 5.74) is 5.53. The van der Waals surface area contributed by atoms with Crippen LogP contribution in [0.15, 0.2) is 18.2 Å². The van der Waals surface area contributed by atoms with Crippen LogP contribution >= 0.6 is 12.4 Å². The van der Waals surface area contributed by atoms with E-state index in [1.165, 1.54) is 23.1 Å². The van der Waals surface area contributed by atoms with Crippen LogP contribution in [0.25, 0.3) is 0 Å². The van der Waals surface area contributed by atoms with Crippen LogP contribution in [0.3, 0.4) is 0 Å². The van der Waals surface area contributed by atoms with Gasteiger partial charge in [-0.15, -0.1) is 12.4 Å². The zero-order valence-electron chi connectivity index (χ0n) is 10.8. The summed E-state index contributed by atoms with van der Waals surface area (Å²) in [6.45, 7) is 1.17. The molecule has 8 heteroatoms. The molecule has 3 N–H and O–H groups in total. The van der Waals surface area contributed by atoms with Gasteiger partial charge in [-0.3, -0.25) is 14.9 Å². The lowest BCUT2D eigenvalue weighted by Gasteiger charge is -2.16. The van der Waals surface area contributed by atoms with E-state index < -0.39 is 4.92 Å². The second kappa shape index (κ2) is 7.55. The van der Waals surface area contributed by atoms with Crippen molar-refractivity contribution in [3.63, 3.8) is 0 Å². The van der Waals surface area contributed by atoms with E-state index in [1.807, 2.05) is 0 Å². The first-order chi connectivity index (χ1) is 8.47. The normalized spacial score (nSPS) is 9.58. The molecule has 7 nitrogen and oxygen atoms in total. The van der Waals surface area contributed by atoms with Gasteiger partial charge in [-0.25, -0.2) is 0 Å². The van der Waals surface area contributed by atoms with E-state index in [1.54, 1.807) is 14.1 Å². The van der Waals surface area contributed by atoms with Crippen LogP contribution in [0.5, 0.6) is 0 Å². The number of nitro groups is 1. The molecular formula is C11H17ClN4O3. The van der Waals surface area contributed by atoms with Gasteiger partial charge < -0.3 is 16.0 Å². The molecule has 0 spiro atoms. The summed E-state index contributed by atoms with van der Waals surface area (Å²) in [5, 5.41) is 13.7. The van der Waals surface area contributed by atoms with Crippen LogP contribution in [-0.2, 0) is 0 Å². The molecule has 0 aliphatic heterocycles. The van der Waals surface area contributed by atoms with E-state index in [0.29, 0.717) is 13.1 Å². The lowest BCUT2D eigenvalue weighted by atomic mass is 10.1. The van der Waals surface area contributed by atoms with E-state index in [9.17, 15) is 14.9 Å². The highest BCUT2D eigenvalue weighted by Crippen LogP contribution is 2.22. The number of anilines is 1. The molecule has 0 bridgehead atoms. The van der Waals surface area contributed by atoms with Crippen molar-refractivity contribution in [1.82, 2.24) is 10.2 Å². The number of halogens is 1. The Labute approximate surface area is 117 Å². The Morgan fingerprint density at radius 2 is 2.16 bits per heavy atom. The average Bonchev–Trinajstić information content (AvgIpc) is 2.35. The highest BCUT2D eigenvalue weighted by molar-refractivity contribution is 5.95. The van der Waals surface area contributed by atoms with Crippen LogP contribution in [0.4, 0.5) is 11.4 Å². The summed E-state index contributed by atoms with van der Waals surface area (Å²) in [7, 11) is 3.42. The highest BCUT2D eigenvalue weighted by atomic mass is 35.5. The fraction of sp³-hybridized carbons (Fsp3) is 0.364. The number of likely N-dealkylation sites (N-methyl/N-ethyl adjacent to an activating group) is 2. The summed E-state index contributed by atoms with van der Waals surface area (Å²) in [4.78, 5) is 23.6. The Bertz CT molecular complexity index is 467. The number of nitrogens with zero attached hydrogens (tertiary/aromatic N) is 2. The van der Waals surface area contributed by atoms with Crippen molar-refractivity contribution in [2.75, 3.05) is 32.9 Å². The lowest BCUT2D eigenvalue weighted by molar-refractivity contribution is -0.383. The number of carbonyl (C=O) groups is 1. The molecule has 0 atom stereocenters. The summed E-state index contributed by atoms with van der Waals surface area (Å²) in [6, 6.07) is 4.06. The fourth-order valence-corrected chi connectivity index (χ4v) is 1.44. The van der Waals surface area contributed by atoms with E-state index in [2.05, 4.69) is 5.32 Å². The molecule has 106 valence electrons. The van der Waals surface area contributed by atoms with Crippen molar-refractivity contribution in [2.45, 2.75) is 0 Å². The Hall–Kier alpha value is -1.86. The van der Waals surface area contributed by atoms with Crippen molar-refractivity contribution in [3.8, 4) is 0 Å². The van der Waals surface area contributed by atoms with E-state index in [4.69, 9.17) is 5.73 Å². The molecule has 1 rings (SSSR count). The van der Waals surface area contributed by atoms with Gasteiger partial charge in [0.1, 0.15) is 5.69 Å². The quantitative estimate of drug-likeness (QED) is 0.476. The number of rotatable bonds is 5. The molecular weight excluding hydrogens is 272 g/mol. The molecule has 0 fully saturated rings. The highest BCUT2D eigenvalue weighted by Gasteiger charge is 2.17. The first-order valence-corrected chi connectivity index (χ1v) is 5.41. The minimum Gasteiger partial charge on any atom is -0.393 e. The molecule has 0 aliphatic carbocycles. The maximum absolute atomic E-state index is 12.0. The van der Waals surface area contributed by atoms with Gasteiger partial charge in [0.15, 0.2) is 0 Å². The Kier molecular flexibility index (Phi) is 6.81. The topological polar surface area (TPSA) is 102 Å². The van der Waals surface area contributed by atoms with Gasteiger partial charge in [0.05, 0.1) is 4.92 Å². The summed E-state index contributed by atoms with van der Waals surface area (Å²) >= 11 is 0. The molecule has 0 aliphatic rings. The minimum absolute atomic E-state index is 0. The Morgan fingerprint density at radius 3 is 2.68 bits per heavy atom. The number of carbonyl (C=O) groups excluding carboxylic acids is 1. The SMILES string of the molecule is CNCCN(C)C(=O)c1ccc(N)c([N+](=O)[O-])c1.Cl. The zero-order valence-corrected chi connectivity index (χ0v) is 11.6. The summed E-state index contributed by atoms with van der Waals surface area (Å²) in [6.07, 6.45) is 0. The van der Waals surface area contributed by atoms with Crippen LogP contribution in [-0.4, -0.2) is 42.9 Å². The summed E-state index contributed by atoms with van der Waals surface area (Å²) in [5.74, 6) is -0.270. The molecule has 0 aromatic heterocycles. The van der Waals surface area contributed by atoms with Gasteiger partial charge in [0.2, 0.25) is 0 Å². The second-order valence-corrected chi connectivity index (χ2v) is 3.86. The molecule has 19 heavy (non-hydrogen) atoms. The van der Waals surface area contributed by atoms with Crippen LogP contribution in [0.1, 0.15) is 10.4 Å². The van der Waals surface area contributed by atoms with E-state index >= 15 is 0 Å². The largest absolute Gasteiger partial charge is 0.393 e. The molecule has 0 radical (unpaired) electrons. The second-order valence-electron chi connectivity index (χ2n) is 3.86. The van der Waals surface area contributed by atoms with Crippen LogP contribution in [0.2, 0.25) is 0 Å². The van der Waals surface area contributed by atoms with Crippen molar-refractivity contribution >= 4 is 29.7 Å². The number of benzene rings is 1. The molecule has 1 aromatic rings. The average molecular weight is 289 g/mol. The predicted octanol–water partition coefficient (Wildman–Crippen LogP) is 0.890. The predicted molar refractivity (Wildman–Crippen MR) is 75.6 cm³/mol. The standard InChI is InChI=1S/C11H16N4O3.ClH/c1-13-5-6-14(2)11(16)8-3-4-9(12)10(7-8)15(17)18;/h3-4,7,13H,5-6,12H2,1-2H3;1H. The van der Waals surface area contributed by atoms with Gasteiger partial charge in [-0.05, 0) is 19.2 Å². The summed E-state index contributed by atoms with van der Waals surface area (Å²) < 4.78 is 0. The maximum atomic E-state index is 12.0. The van der Waals surface area contributed by atoms with Crippen LogP contribution in [0, 0.1) is 10.1 Å². The maximum Gasteiger partial charge on any atom is 0.292 e. The minimum atomic E-state index is -0.598. The van der Waals surface area contributed by atoms with Gasteiger partial charge in [0.25, 0.3) is 11.6 Å². The number of nitrogens with two attached hydrogens (primary N) is 1. The third kappa shape index (κ3) is 4.38. The van der Waals surface area contributed by atoms with E-state index in [-0.39, 0.29) is 35.3 Å². The number of nitro benzene ring substituents is 1. The molecule has 1 aromatic carbocycles. The van der Waals surface area contributed by atoms with Gasteiger partial charge >= 0.3 is 0 Å². The van der Waals surface area contributed by atoms with Crippen molar-refractivity contribution < 1.29 is 9.72 Å². The van der Waals surface area contributed by atoms with Gasteiger partial charge in [0, 0.05) is 31.8 Å². The zero-order chi connectivity index (χ0) is 13.7. The Morgan fingerprint density at radius 1 is 1.53 bits per heavy atom. The van der Waals surface area contributed by atoms with Crippen molar-refractivity contribution in [3.05, 3.63) is 33.9 Å². The monoisotopic (exact) mass is 288 g/mol. The molecule has 1 amide bonds. The molecule has 0 heterocycles. The number of nitrogen functional groups attached to an aromatic ring is 1. The lowest BCUT2D eigenvalue weighted by Crippen LogP contribution is -2.32. The first kappa shape index (κ1) is 17.1. The number of nitrogens with one attached hydrogen (secondary N) is 1. The number of hydrogen-bond acceptors (Lipinski definition) is 5. The fourth-order valence-electron chi connectivity index (χ4n) is 1.44.